The standard InChI is InChI=1S/C9H6ClFO5/c1-16-8-3(6(12)9(14)15)2-4(10)7(13)5(8)11/h2,13H,1H3,(H,14,15). The second-order valence-corrected chi connectivity index (χ2v) is 3.14. The lowest BCUT2D eigenvalue weighted by Crippen LogP contribution is -2.14. The molecule has 0 fully saturated rings. The van der Waals surface area contributed by atoms with Crippen LogP contribution in [-0.2, 0) is 4.79 Å². The van der Waals surface area contributed by atoms with Gasteiger partial charge in [-0.1, -0.05) is 11.6 Å². The van der Waals surface area contributed by atoms with E-state index >= 15 is 0 Å². The molecular formula is C9H6ClFO5. The number of hydrogen-bond donors (Lipinski definition) is 2. The Bertz CT molecular complexity index is 471. The quantitative estimate of drug-likeness (QED) is 0.625. The molecule has 0 amide bonds. The van der Waals surface area contributed by atoms with Gasteiger partial charge in [0.15, 0.2) is 11.5 Å². The molecule has 0 unspecified atom stereocenters. The Morgan fingerprint density at radius 1 is 1.50 bits per heavy atom. The number of aromatic hydroxyl groups is 1. The van der Waals surface area contributed by atoms with Crippen LogP contribution in [0.25, 0.3) is 0 Å². The van der Waals surface area contributed by atoms with E-state index in [0.717, 1.165) is 13.2 Å². The van der Waals surface area contributed by atoms with Crippen LogP contribution in [0.2, 0.25) is 5.02 Å². The zero-order valence-electron chi connectivity index (χ0n) is 7.95. The number of methoxy groups -OCH3 is 1. The van der Waals surface area contributed by atoms with Gasteiger partial charge < -0.3 is 14.9 Å². The maximum absolute atomic E-state index is 13.3. The van der Waals surface area contributed by atoms with Crippen molar-refractivity contribution in [1.82, 2.24) is 0 Å². The third kappa shape index (κ3) is 1.92. The minimum Gasteiger partial charge on any atom is -0.504 e. The highest BCUT2D eigenvalue weighted by atomic mass is 35.5. The number of aliphatic carboxylic acids is 1. The van der Waals surface area contributed by atoms with Crippen LogP contribution < -0.4 is 4.74 Å². The zero-order chi connectivity index (χ0) is 12.5. The summed E-state index contributed by atoms with van der Waals surface area (Å²) >= 11 is 5.41. The van der Waals surface area contributed by atoms with Gasteiger partial charge in [-0.25, -0.2) is 4.79 Å². The van der Waals surface area contributed by atoms with Crippen molar-refractivity contribution in [2.45, 2.75) is 0 Å². The number of benzene rings is 1. The molecule has 0 radical (unpaired) electrons. The summed E-state index contributed by atoms with van der Waals surface area (Å²) in [7, 11) is 1.03. The van der Waals surface area contributed by atoms with Gasteiger partial charge in [-0.2, -0.15) is 4.39 Å². The van der Waals surface area contributed by atoms with Crippen LogP contribution in [0.1, 0.15) is 10.4 Å². The highest BCUT2D eigenvalue weighted by Crippen LogP contribution is 2.36. The molecule has 0 aromatic heterocycles. The van der Waals surface area contributed by atoms with Crippen molar-refractivity contribution in [2.24, 2.45) is 0 Å². The molecule has 0 atom stereocenters. The van der Waals surface area contributed by atoms with E-state index in [0.29, 0.717) is 0 Å². The number of phenols is 1. The van der Waals surface area contributed by atoms with Crippen molar-refractivity contribution in [3.05, 3.63) is 22.5 Å². The number of halogens is 2. The van der Waals surface area contributed by atoms with E-state index in [4.69, 9.17) is 21.8 Å². The average molecular weight is 249 g/mol. The summed E-state index contributed by atoms with van der Waals surface area (Å²) in [6.07, 6.45) is 0. The van der Waals surface area contributed by atoms with Crippen LogP contribution in [0.15, 0.2) is 6.07 Å². The lowest BCUT2D eigenvalue weighted by atomic mass is 10.1. The molecule has 0 aliphatic carbocycles. The minimum atomic E-state index is -1.78. The lowest BCUT2D eigenvalue weighted by molar-refractivity contribution is -0.131. The second kappa shape index (κ2) is 4.36. The molecule has 0 saturated carbocycles. The van der Waals surface area contributed by atoms with Crippen molar-refractivity contribution in [3.63, 3.8) is 0 Å². The summed E-state index contributed by atoms with van der Waals surface area (Å²) < 4.78 is 17.8. The van der Waals surface area contributed by atoms with Crippen molar-refractivity contribution in [2.75, 3.05) is 7.11 Å². The van der Waals surface area contributed by atoms with E-state index in [9.17, 15) is 14.0 Å². The molecule has 0 aliphatic rings. The van der Waals surface area contributed by atoms with E-state index in [1.807, 2.05) is 0 Å². The number of rotatable bonds is 3. The molecule has 0 bridgehead atoms. The third-order valence-electron chi connectivity index (χ3n) is 1.79. The van der Waals surface area contributed by atoms with Gasteiger partial charge in [0.2, 0.25) is 5.82 Å². The van der Waals surface area contributed by atoms with Crippen LogP contribution in [0, 0.1) is 5.82 Å². The van der Waals surface area contributed by atoms with Gasteiger partial charge in [0.25, 0.3) is 5.78 Å². The Morgan fingerprint density at radius 2 is 2.06 bits per heavy atom. The Kier molecular flexibility index (Phi) is 3.34. The van der Waals surface area contributed by atoms with Crippen LogP contribution in [0.4, 0.5) is 4.39 Å². The summed E-state index contributed by atoms with van der Waals surface area (Å²) in [4.78, 5) is 21.6. The number of Topliss-reactive ketones (excluding diaryl/α,β-unsaturated/α-hetero) is 1. The largest absolute Gasteiger partial charge is 0.504 e. The van der Waals surface area contributed by atoms with Gasteiger partial charge >= 0.3 is 5.97 Å². The molecule has 0 spiro atoms. The summed E-state index contributed by atoms with van der Waals surface area (Å²) in [6.45, 7) is 0. The first-order valence-electron chi connectivity index (χ1n) is 3.92. The lowest BCUT2D eigenvalue weighted by Gasteiger charge is -2.09. The maximum Gasteiger partial charge on any atom is 0.377 e. The number of carbonyl (C=O) groups excluding carboxylic acids is 1. The highest BCUT2D eigenvalue weighted by Gasteiger charge is 2.25. The molecular weight excluding hydrogens is 243 g/mol. The Hall–Kier alpha value is -1.82. The normalized spacial score (nSPS) is 9.94. The number of carbonyl (C=O) groups is 2. The summed E-state index contributed by atoms with van der Waals surface area (Å²) in [5.74, 6) is -5.99. The van der Waals surface area contributed by atoms with E-state index in [1.165, 1.54) is 0 Å². The molecule has 0 aliphatic heterocycles. The van der Waals surface area contributed by atoms with E-state index in [-0.39, 0.29) is 0 Å². The Labute approximate surface area is 94.0 Å². The third-order valence-corrected chi connectivity index (χ3v) is 2.08. The number of ether oxygens (including phenoxy) is 1. The van der Waals surface area contributed by atoms with Gasteiger partial charge in [-0.15, -0.1) is 0 Å². The first-order valence-corrected chi connectivity index (χ1v) is 4.30. The number of carboxylic acids is 1. The van der Waals surface area contributed by atoms with Crippen LogP contribution in [-0.4, -0.2) is 29.1 Å². The second-order valence-electron chi connectivity index (χ2n) is 2.74. The fourth-order valence-electron chi connectivity index (χ4n) is 1.07. The molecule has 0 heterocycles. The Morgan fingerprint density at radius 3 is 2.50 bits per heavy atom. The maximum atomic E-state index is 13.3. The van der Waals surface area contributed by atoms with Crippen molar-refractivity contribution in [3.8, 4) is 11.5 Å². The fraction of sp³-hybridized carbons (Fsp3) is 0.111. The van der Waals surface area contributed by atoms with Crippen LogP contribution in [0.3, 0.4) is 0 Å². The topological polar surface area (TPSA) is 83.8 Å². The molecule has 2 N–H and O–H groups in total. The smallest absolute Gasteiger partial charge is 0.377 e. The van der Waals surface area contributed by atoms with Gasteiger partial charge in [0, 0.05) is 0 Å². The predicted molar refractivity (Wildman–Crippen MR) is 51.6 cm³/mol. The average Bonchev–Trinajstić information content (AvgIpc) is 2.24. The number of phenolic OH excluding ortho intramolecular Hbond substituents is 1. The molecule has 5 nitrogen and oxygen atoms in total. The zero-order valence-corrected chi connectivity index (χ0v) is 8.71. The Balaban J connectivity index is 3.51. The number of carboxylic acid groups (broad SMARTS) is 1. The van der Waals surface area contributed by atoms with Crippen molar-refractivity contribution >= 4 is 23.4 Å². The van der Waals surface area contributed by atoms with Crippen molar-refractivity contribution < 1.29 is 28.9 Å². The van der Waals surface area contributed by atoms with E-state index in [1.54, 1.807) is 0 Å². The molecule has 16 heavy (non-hydrogen) atoms. The summed E-state index contributed by atoms with van der Waals surface area (Å²) in [5, 5.41) is 17.1. The SMILES string of the molecule is COc1c(C(=O)C(=O)O)cc(Cl)c(O)c1F. The van der Waals surface area contributed by atoms with Gasteiger partial charge in [0.1, 0.15) is 0 Å². The molecule has 7 heteroatoms. The molecule has 1 rings (SSSR count). The predicted octanol–water partition coefficient (Wildman–Crippen LogP) is 1.46. The molecule has 0 saturated heterocycles. The number of hydrogen-bond acceptors (Lipinski definition) is 4. The van der Waals surface area contributed by atoms with E-state index < -0.39 is 39.7 Å². The molecule has 86 valence electrons. The summed E-state index contributed by atoms with van der Waals surface area (Å²) in [6, 6.07) is 0.829. The molecule has 1 aromatic rings. The first kappa shape index (κ1) is 12.3. The van der Waals surface area contributed by atoms with Gasteiger partial charge in [-0.3, -0.25) is 4.79 Å². The van der Waals surface area contributed by atoms with Gasteiger partial charge in [-0.05, 0) is 6.07 Å². The summed E-state index contributed by atoms with van der Waals surface area (Å²) in [5.41, 5.74) is -0.560. The first-order chi connectivity index (χ1) is 7.40. The van der Waals surface area contributed by atoms with E-state index in [2.05, 4.69) is 4.74 Å². The molecule has 1 aromatic carbocycles. The minimum absolute atomic E-state index is 0.470. The highest BCUT2D eigenvalue weighted by molar-refractivity contribution is 6.41. The fourth-order valence-corrected chi connectivity index (χ4v) is 1.27. The number of ketones is 1. The van der Waals surface area contributed by atoms with Gasteiger partial charge in [0.05, 0.1) is 17.7 Å². The monoisotopic (exact) mass is 248 g/mol. The van der Waals surface area contributed by atoms with Crippen LogP contribution >= 0.6 is 11.6 Å². The van der Waals surface area contributed by atoms with Crippen molar-refractivity contribution in [1.29, 1.82) is 0 Å². The van der Waals surface area contributed by atoms with Crippen LogP contribution in [0.5, 0.6) is 11.5 Å².